The van der Waals surface area contributed by atoms with Crippen LogP contribution in [-0.2, 0) is 10.3 Å². The monoisotopic (exact) mass is 389 g/mol. The molecule has 1 amide bonds. The van der Waals surface area contributed by atoms with E-state index in [9.17, 15) is 18.0 Å². The molecule has 2 aromatic carbocycles. The minimum atomic E-state index is -2.95. The van der Waals surface area contributed by atoms with Gasteiger partial charge in [-0.05, 0) is 34.9 Å². The van der Waals surface area contributed by atoms with Crippen LogP contribution in [0.5, 0.6) is 5.75 Å². The lowest BCUT2D eigenvalue weighted by atomic mass is 9.82. The van der Waals surface area contributed by atoms with Crippen LogP contribution in [-0.4, -0.2) is 37.1 Å². The zero-order chi connectivity index (χ0) is 20.3. The summed E-state index contributed by atoms with van der Waals surface area (Å²) in [5, 5.41) is 0. The van der Waals surface area contributed by atoms with Crippen molar-refractivity contribution in [1.82, 2.24) is 4.90 Å². The van der Waals surface area contributed by atoms with Crippen molar-refractivity contribution in [3.8, 4) is 5.75 Å². The average Bonchev–Trinajstić information content (AvgIpc) is 2.92. The Kier molecular flexibility index (Phi) is 5.39. The maximum atomic E-state index is 13.1. The number of aliphatic imine (C=N–C) groups is 1. The molecule has 0 spiro atoms. The van der Waals surface area contributed by atoms with E-state index in [0.29, 0.717) is 16.7 Å². The Hall–Kier alpha value is -3.29. The van der Waals surface area contributed by atoms with Gasteiger partial charge in [-0.3, -0.25) is 9.69 Å². The number of hydrogen-bond acceptors (Lipinski definition) is 4. The summed E-state index contributed by atoms with van der Waals surface area (Å²) in [6.45, 7) is -3.57. The third-order valence-corrected chi connectivity index (χ3v) is 4.44. The topological polar surface area (TPSA) is 67.9 Å². The van der Waals surface area contributed by atoms with Crippen molar-refractivity contribution in [2.24, 2.45) is 10.7 Å². The van der Waals surface area contributed by atoms with Crippen molar-refractivity contribution in [3.05, 3.63) is 71.3 Å². The number of carbonyl (C=O) groups is 1. The lowest BCUT2D eigenvalue weighted by molar-refractivity contribution is -0.129. The third kappa shape index (κ3) is 3.45. The molecule has 3 rings (SSSR count). The van der Waals surface area contributed by atoms with Crippen molar-refractivity contribution < 1.29 is 22.7 Å². The van der Waals surface area contributed by atoms with Crippen LogP contribution >= 0.6 is 0 Å². The summed E-state index contributed by atoms with van der Waals surface area (Å²) in [5.74, 6) is -0.397. The second kappa shape index (κ2) is 7.75. The first-order chi connectivity index (χ1) is 13.4. The van der Waals surface area contributed by atoms with Crippen molar-refractivity contribution in [1.29, 1.82) is 0 Å². The van der Waals surface area contributed by atoms with Gasteiger partial charge in [-0.2, -0.15) is 8.78 Å². The van der Waals surface area contributed by atoms with Crippen molar-refractivity contribution in [3.63, 3.8) is 0 Å². The Morgan fingerprint density at radius 1 is 1.21 bits per heavy atom. The summed E-state index contributed by atoms with van der Waals surface area (Å²) >= 11 is 0. The molecule has 0 radical (unpaired) electrons. The van der Waals surface area contributed by atoms with Crippen LogP contribution in [0.25, 0.3) is 6.08 Å². The number of ether oxygens (including phenoxy) is 1. The number of halogens is 3. The van der Waals surface area contributed by atoms with Gasteiger partial charge in [0.25, 0.3) is 5.91 Å². The van der Waals surface area contributed by atoms with Gasteiger partial charge in [0, 0.05) is 7.05 Å². The first kappa shape index (κ1) is 19.5. The summed E-state index contributed by atoms with van der Waals surface area (Å²) in [7, 11) is 1.50. The van der Waals surface area contributed by atoms with Crippen LogP contribution in [0.2, 0.25) is 0 Å². The molecule has 2 aromatic rings. The zero-order valence-corrected chi connectivity index (χ0v) is 15.0. The number of allylic oxidation sites excluding steroid dienone is 1. The highest BCUT2D eigenvalue weighted by Crippen LogP contribution is 2.40. The van der Waals surface area contributed by atoms with E-state index in [1.807, 2.05) is 0 Å². The molecule has 1 atom stereocenters. The number of benzene rings is 2. The maximum Gasteiger partial charge on any atom is 0.387 e. The summed E-state index contributed by atoms with van der Waals surface area (Å²) < 4.78 is 41.7. The largest absolute Gasteiger partial charge is 0.435 e. The van der Waals surface area contributed by atoms with Gasteiger partial charge in [0.1, 0.15) is 12.4 Å². The summed E-state index contributed by atoms with van der Waals surface area (Å²) in [5.41, 5.74) is 6.08. The standard InChI is InChI=1S/C20H18F3N3O2/c1-26-17(27)20(25-19(26)24,14-7-9-16(10-8-14)28-18(22)23)15-6-2-4-13(12-15)5-3-11-21/h2-10,12,18H,11H2,1H3,(H2,24,25). The molecule has 28 heavy (non-hydrogen) atoms. The molecular formula is C20H18F3N3O2. The molecule has 1 unspecified atom stereocenters. The fourth-order valence-corrected chi connectivity index (χ4v) is 3.11. The second-order valence-corrected chi connectivity index (χ2v) is 6.13. The highest BCUT2D eigenvalue weighted by Gasteiger charge is 2.49. The lowest BCUT2D eigenvalue weighted by Gasteiger charge is -2.26. The normalized spacial score (nSPS) is 19.5. The van der Waals surface area contributed by atoms with E-state index in [2.05, 4.69) is 9.73 Å². The Morgan fingerprint density at radius 3 is 2.50 bits per heavy atom. The highest BCUT2D eigenvalue weighted by molar-refractivity contribution is 6.09. The molecular weight excluding hydrogens is 371 g/mol. The predicted molar refractivity (Wildman–Crippen MR) is 99.7 cm³/mol. The van der Waals surface area contributed by atoms with Crippen LogP contribution < -0.4 is 10.5 Å². The van der Waals surface area contributed by atoms with Crippen LogP contribution in [0.15, 0.2) is 59.6 Å². The molecule has 0 bridgehead atoms. The van der Waals surface area contributed by atoms with Crippen LogP contribution in [0.4, 0.5) is 13.2 Å². The first-order valence-electron chi connectivity index (χ1n) is 8.40. The minimum absolute atomic E-state index is 0.0302. The molecule has 0 saturated heterocycles. The van der Waals surface area contributed by atoms with Gasteiger partial charge in [0.15, 0.2) is 11.5 Å². The smallest absolute Gasteiger partial charge is 0.387 e. The van der Waals surface area contributed by atoms with Gasteiger partial charge >= 0.3 is 6.61 Å². The van der Waals surface area contributed by atoms with Crippen LogP contribution in [0, 0.1) is 0 Å². The Balaban J connectivity index is 2.13. The molecule has 2 N–H and O–H groups in total. The highest BCUT2D eigenvalue weighted by atomic mass is 19.3. The van der Waals surface area contributed by atoms with E-state index in [4.69, 9.17) is 5.73 Å². The van der Waals surface area contributed by atoms with Gasteiger partial charge in [0.2, 0.25) is 0 Å². The van der Waals surface area contributed by atoms with Crippen LogP contribution in [0.1, 0.15) is 16.7 Å². The van der Waals surface area contributed by atoms with Gasteiger partial charge < -0.3 is 10.5 Å². The van der Waals surface area contributed by atoms with Gasteiger partial charge in [-0.25, -0.2) is 9.38 Å². The number of guanidine groups is 1. The molecule has 8 heteroatoms. The van der Waals surface area contributed by atoms with Crippen molar-refractivity contribution >= 4 is 17.9 Å². The fourth-order valence-electron chi connectivity index (χ4n) is 3.11. The van der Waals surface area contributed by atoms with E-state index in [1.54, 1.807) is 30.3 Å². The number of rotatable bonds is 6. The maximum absolute atomic E-state index is 13.1. The number of amides is 1. The summed E-state index contributed by atoms with van der Waals surface area (Å²) in [4.78, 5) is 18.8. The van der Waals surface area contributed by atoms with Gasteiger partial charge in [-0.15, -0.1) is 0 Å². The third-order valence-electron chi connectivity index (χ3n) is 4.44. The number of nitrogens with zero attached hydrogens (tertiary/aromatic N) is 2. The van der Waals surface area contributed by atoms with E-state index < -0.39 is 18.8 Å². The first-order valence-corrected chi connectivity index (χ1v) is 8.40. The quantitative estimate of drug-likeness (QED) is 0.824. The Morgan fingerprint density at radius 2 is 1.93 bits per heavy atom. The minimum Gasteiger partial charge on any atom is -0.435 e. The van der Waals surface area contributed by atoms with E-state index in [-0.39, 0.29) is 17.6 Å². The molecule has 1 aliphatic rings. The lowest BCUT2D eigenvalue weighted by Crippen LogP contribution is -2.41. The number of hydrogen-bond donors (Lipinski definition) is 1. The molecule has 5 nitrogen and oxygen atoms in total. The fraction of sp³-hybridized carbons (Fsp3) is 0.200. The molecule has 1 aliphatic heterocycles. The number of nitrogens with two attached hydrogens (primary N) is 1. The Labute approximate surface area is 159 Å². The van der Waals surface area contributed by atoms with Crippen molar-refractivity contribution in [2.45, 2.75) is 12.2 Å². The molecule has 1 heterocycles. The predicted octanol–water partition coefficient (Wildman–Crippen LogP) is 3.30. The molecule has 146 valence electrons. The van der Waals surface area contributed by atoms with Crippen molar-refractivity contribution in [2.75, 3.05) is 13.7 Å². The number of carbonyl (C=O) groups excluding carboxylic acids is 1. The number of alkyl halides is 3. The average molecular weight is 389 g/mol. The van der Waals surface area contributed by atoms with Crippen LogP contribution in [0.3, 0.4) is 0 Å². The summed E-state index contributed by atoms with van der Waals surface area (Å²) in [6.07, 6.45) is 2.94. The molecule has 0 aromatic heterocycles. The van der Waals surface area contributed by atoms with E-state index in [1.165, 1.54) is 42.3 Å². The molecule has 0 aliphatic carbocycles. The number of likely N-dealkylation sites (N-methyl/N-ethyl adjacent to an activating group) is 1. The zero-order valence-electron chi connectivity index (χ0n) is 15.0. The van der Waals surface area contributed by atoms with Gasteiger partial charge in [-0.1, -0.05) is 42.5 Å². The molecule has 0 saturated carbocycles. The Bertz CT molecular complexity index is 929. The van der Waals surface area contributed by atoms with Gasteiger partial charge in [0.05, 0.1) is 0 Å². The summed E-state index contributed by atoms with van der Waals surface area (Å²) in [6, 6.07) is 12.6. The molecule has 0 fully saturated rings. The van der Waals surface area contributed by atoms with E-state index >= 15 is 0 Å². The second-order valence-electron chi connectivity index (χ2n) is 6.13. The van der Waals surface area contributed by atoms with E-state index in [0.717, 1.165) is 0 Å². The SMILES string of the molecule is CN1C(=O)C(c2ccc(OC(F)F)cc2)(c2cccc(C=CCF)c2)N=C1N.